The van der Waals surface area contributed by atoms with Crippen LogP contribution < -0.4 is 0 Å². The van der Waals surface area contributed by atoms with Crippen molar-refractivity contribution in [3.05, 3.63) is 12.4 Å². The summed E-state index contributed by atoms with van der Waals surface area (Å²) in [5, 5.41) is 22.2. The molecule has 0 aromatic carbocycles. The van der Waals surface area contributed by atoms with Crippen LogP contribution >= 0.6 is 0 Å². The molecule has 0 radical (unpaired) electrons. The Morgan fingerprint density at radius 3 is 2.72 bits per heavy atom. The van der Waals surface area contributed by atoms with Gasteiger partial charge in [0.2, 0.25) is 10.0 Å². The van der Waals surface area contributed by atoms with Gasteiger partial charge in [0.1, 0.15) is 10.9 Å². The highest BCUT2D eigenvalue weighted by atomic mass is 32.2. The molecule has 9 heteroatoms. The molecule has 0 bridgehead atoms. The Hall–Kier alpha value is -1.45. The first-order chi connectivity index (χ1) is 8.32. The maximum atomic E-state index is 12.2. The lowest BCUT2D eigenvalue weighted by molar-refractivity contribution is -0.140. The fourth-order valence-electron chi connectivity index (χ4n) is 1.94. The second-order valence-electron chi connectivity index (χ2n) is 4.17. The number of aliphatic hydroxyl groups excluding tert-OH is 1. The maximum Gasteiger partial charge on any atom is 0.322 e. The van der Waals surface area contributed by atoms with Gasteiger partial charge in [0, 0.05) is 26.2 Å². The normalized spacial score (nSPS) is 25.4. The number of carboxylic acid groups (broad SMARTS) is 1. The second kappa shape index (κ2) is 4.34. The first kappa shape index (κ1) is 13.0. The van der Waals surface area contributed by atoms with Gasteiger partial charge in [-0.15, -0.1) is 0 Å². The molecule has 1 aromatic rings. The van der Waals surface area contributed by atoms with Crippen molar-refractivity contribution in [2.45, 2.75) is 23.5 Å². The van der Waals surface area contributed by atoms with Crippen molar-refractivity contribution in [1.29, 1.82) is 0 Å². The standard InChI is InChI=1S/C9H13N3O5S/c1-11-5-7(3-10-11)18(16,17)12-4-6(13)2-8(12)9(14)15/h3,5-6,8,13H,2,4H2,1H3,(H,14,15)/t6-,8-/m0/s1. The van der Waals surface area contributed by atoms with Crippen LogP contribution in [-0.4, -0.2) is 57.4 Å². The van der Waals surface area contributed by atoms with Gasteiger partial charge in [-0.2, -0.15) is 9.40 Å². The van der Waals surface area contributed by atoms with E-state index >= 15 is 0 Å². The molecular weight excluding hydrogens is 262 g/mol. The van der Waals surface area contributed by atoms with Gasteiger partial charge in [-0.3, -0.25) is 9.48 Å². The highest BCUT2D eigenvalue weighted by molar-refractivity contribution is 7.89. The van der Waals surface area contributed by atoms with E-state index in [0.717, 1.165) is 10.5 Å². The van der Waals surface area contributed by atoms with Crippen molar-refractivity contribution in [3.63, 3.8) is 0 Å². The molecule has 2 rings (SSSR count). The summed E-state index contributed by atoms with van der Waals surface area (Å²) in [7, 11) is -2.37. The van der Waals surface area contributed by atoms with Gasteiger partial charge in [0.25, 0.3) is 0 Å². The zero-order chi connectivity index (χ0) is 13.5. The number of aryl methyl sites for hydroxylation is 1. The van der Waals surface area contributed by atoms with Gasteiger partial charge in [-0.05, 0) is 0 Å². The Kier molecular flexibility index (Phi) is 3.13. The van der Waals surface area contributed by atoms with E-state index in [-0.39, 0.29) is 17.9 Å². The lowest BCUT2D eigenvalue weighted by Crippen LogP contribution is -2.40. The van der Waals surface area contributed by atoms with Gasteiger partial charge in [-0.1, -0.05) is 0 Å². The average Bonchev–Trinajstić information content (AvgIpc) is 2.84. The van der Waals surface area contributed by atoms with Crippen LogP contribution in [-0.2, 0) is 21.9 Å². The van der Waals surface area contributed by atoms with Crippen LogP contribution in [0, 0.1) is 0 Å². The highest BCUT2D eigenvalue weighted by Crippen LogP contribution is 2.26. The molecule has 1 aliphatic heterocycles. The molecule has 2 N–H and O–H groups in total. The summed E-state index contributed by atoms with van der Waals surface area (Å²) in [6, 6.07) is -1.23. The summed E-state index contributed by atoms with van der Waals surface area (Å²) >= 11 is 0. The summed E-state index contributed by atoms with van der Waals surface area (Å²) in [6.45, 7) is -0.214. The summed E-state index contributed by atoms with van der Waals surface area (Å²) in [6.07, 6.45) is 1.38. The molecule has 0 spiro atoms. The molecule has 2 heterocycles. The van der Waals surface area contributed by atoms with Gasteiger partial charge >= 0.3 is 5.97 Å². The lowest BCUT2D eigenvalue weighted by Gasteiger charge is -2.19. The summed E-state index contributed by atoms with van der Waals surface area (Å²) in [5.41, 5.74) is 0. The van der Waals surface area contributed by atoms with Crippen molar-refractivity contribution in [3.8, 4) is 0 Å². The molecule has 1 saturated heterocycles. The predicted molar refractivity (Wildman–Crippen MR) is 59.1 cm³/mol. The number of hydrogen-bond donors (Lipinski definition) is 2. The molecule has 1 aromatic heterocycles. The molecule has 2 atom stereocenters. The Balaban J connectivity index is 2.38. The number of carbonyl (C=O) groups is 1. The molecule has 100 valence electrons. The minimum atomic E-state index is -3.94. The van der Waals surface area contributed by atoms with Crippen molar-refractivity contribution in [1.82, 2.24) is 14.1 Å². The Morgan fingerprint density at radius 2 is 2.22 bits per heavy atom. The van der Waals surface area contributed by atoms with Crippen LogP contribution in [0.5, 0.6) is 0 Å². The number of aliphatic carboxylic acids is 1. The minimum Gasteiger partial charge on any atom is -0.480 e. The number of β-amino-alcohol motifs (C(OH)–C–C–N with tert-alkyl or cyclic N) is 1. The van der Waals surface area contributed by atoms with E-state index in [1.54, 1.807) is 7.05 Å². The van der Waals surface area contributed by atoms with Crippen LogP contribution in [0.1, 0.15) is 6.42 Å². The van der Waals surface area contributed by atoms with Gasteiger partial charge in [0.15, 0.2) is 0 Å². The molecule has 8 nitrogen and oxygen atoms in total. The van der Waals surface area contributed by atoms with Gasteiger partial charge in [-0.25, -0.2) is 8.42 Å². The first-order valence-corrected chi connectivity index (χ1v) is 6.67. The van der Waals surface area contributed by atoms with Crippen molar-refractivity contribution in [2.75, 3.05) is 6.54 Å². The zero-order valence-corrected chi connectivity index (χ0v) is 10.4. The number of aromatic nitrogens is 2. The second-order valence-corrected chi connectivity index (χ2v) is 6.06. The SMILES string of the molecule is Cn1cc(S(=O)(=O)N2C[C@@H](O)C[C@H]2C(=O)O)cn1. The third kappa shape index (κ3) is 2.11. The smallest absolute Gasteiger partial charge is 0.322 e. The number of aliphatic hydroxyl groups is 1. The van der Waals surface area contributed by atoms with Crippen LogP contribution in [0.2, 0.25) is 0 Å². The number of nitrogens with zero attached hydrogens (tertiary/aromatic N) is 3. The summed E-state index contributed by atoms with van der Waals surface area (Å²) < 4.78 is 26.5. The number of carboxylic acids is 1. The van der Waals surface area contributed by atoms with E-state index in [2.05, 4.69) is 5.10 Å². The number of sulfonamides is 1. The van der Waals surface area contributed by atoms with E-state index < -0.39 is 28.1 Å². The van der Waals surface area contributed by atoms with Crippen LogP contribution in [0.25, 0.3) is 0 Å². The predicted octanol–water partition coefficient (Wildman–Crippen LogP) is -1.37. The van der Waals surface area contributed by atoms with Gasteiger partial charge in [0.05, 0.1) is 12.3 Å². The quantitative estimate of drug-likeness (QED) is 0.703. The van der Waals surface area contributed by atoms with Crippen LogP contribution in [0.4, 0.5) is 0 Å². The lowest BCUT2D eigenvalue weighted by atomic mass is 10.2. The van der Waals surface area contributed by atoms with Crippen LogP contribution in [0.15, 0.2) is 17.3 Å². The molecule has 1 aliphatic rings. The molecule has 0 saturated carbocycles. The van der Waals surface area contributed by atoms with Gasteiger partial charge < -0.3 is 10.2 Å². The zero-order valence-electron chi connectivity index (χ0n) is 9.59. The summed E-state index contributed by atoms with van der Waals surface area (Å²) in [5.74, 6) is -1.26. The van der Waals surface area contributed by atoms with E-state index in [4.69, 9.17) is 5.11 Å². The molecule has 1 fully saturated rings. The molecular formula is C9H13N3O5S. The largest absolute Gasteiger partial charge is 0.480 e. The van der Waals surface area contributed by atoms with E-state index in [1.165, 1.54) is 10.9 Å². The minimum absolute atomic E-state index is 0.0784. The van der Waals surface area contributed by atoms with Crippen molar-refractivity contribution >= 4 is 16.0 Å². The van der Waals surface area contributed by atoms with Crippen LogP contribution in [0.3, 0.4) is 0 Å². The molecule has 0 unspecified atom stereocenters. The maximum absolute atomic E-state index is 12.2. The Bertz CT molecular complexity index is 567. The Morgan fingerprint density at radius 1 is 1.56 bits per heavy atom. The highest BCUT2D eigenvalue weighted by Gasteiger charge is 2.43. The third-order valence-electron chi connectivity index (χ3n) is 2.81. The van der Waals surface area contributed by atoms with E-state index in [0.29, 0.717) is 0 Å². The number of hydrogen-bond acceptors (Lipinski definition) is 5. The average molecular weight is 275 g/mol. The fraction of sp³-hybridized carbons (Fsp3) is 0.556. The Labute approximate surface area is 103 Å². The van der Waals surface area contributed by atoms with E-state index in [9.17, 15) is 18.3 Å². The third-order valence-corrected chi connectivity index (χ3v) is 4.63. The molecule has 18 heavy (non-hydrogen) atoms. The topological polar surface area (TPSA) is 113 Å². The number of rotatable bonds is 3. The monoisotopic (exact) mass is 275 g/mol. The van der Waals surface area contributed by atoms with Crippen molar-refractivity contribution < 1.29 is 23.4 Å². The van der Waals surface area contributed by atoms with Crippen molar-refractivity contribution in [2.24, 2.45) is 7.05 Å². The first-order valence-electron chi connectivity index (χ1n) is 5.23. The summed E-state index contributed by atoms with van der Waals surface area (Å²) in [4.78, 5) is 10.9. The molecule has 0 amide bonds. The fourth-order valence-corrected chi connectivity index (χ4v) is 3.56. The van der Waals surface area contributed by atoms with E-state index in [1.807, 2.05) is 0 Å². The molecule has 0 aliphatic carbocycles.